The second-order valence-corrected chi connectivity index (χ2v) is 4.34. The maximum absolute atomic E-state index is 11.8. The van der Waals surface area contributed by atoms with E-state index in [2.05, 4.69) is 0 Å². The van der Waals surface area contributed by atoms with E-state index in [0.717, 1.165) is 5.56 Å². The van der Waals surface area contributed by atoms with Gasteiger partial charge in [-0.05, 0) is 12.5 Å². The van der Waals surface area contributed by atoms with E-state index in [-0.39, 0.29) is 12.0 Å². The molecule has 0 aliphatic carbocycles. The fourth-order valence-electron chi connectivity index (χ4n) is 2.01. The Kier molecular flexibility index (Phi) is 3.76. The number of carbonyl (C=O) groups excluding carboxylic acids is 1. The van der Waals surface area contributed by atoms with Crippen molar-refractivity contribution in [2.75, 3.05) is 19.7 Å². The molecule has 0 spiro atoms. The number of morpholine rings is 1. The second-order valence-electron chi connectivity index (χ2n) is 4.34. The quantitative estimate of drug-likeness (QED) is 0.828. The number of hydrogen-bond donors (Lipinski definition) is 1. The average Bonchev–Trinajstić information content (AvgIpc) is 2.39. The highest BCUT2D eigenvalue weighted by atomic mass is 16.5. The molecule has 17 heavy (non-hydrogen) atoms. The Morgan fingerprint density at radius 1 is 1.47 bits per heavy atom. The number of carbonyl (C=O) groups is 1. The van der Waals surface area contributed by atoms with Gasteiger partial charge in [-0.2, -0.15) is 0 Å². The van der Waals surface area contributed by atoms with Crippen LogP contribution < -0.4 is 5.73 Å². The highest BCUT2D eigenvalue weighted by Crippen LogP contribution is 2.22. The summed E-state index contributed by atoms with van der Waals surface area (Å²) in [7, 11) is 0. The highest BCUT2D eigenvalue weighted by molar-refractivity contribution is 5.81. The van der Waals surface area contributed by atoms with Crippen LogP contribution in [0.15, 0.2) is 30.3 Å². The zero-order valence-corrected chi connectivity index (χ0v) is 10.0. The van der Waals surface area contributed by atoms with Crippen molar-refractivity contribution in [3.63, 3.8) is 0 Å². The summed E-state index contributed by atoms with van der Waals surface area (Å²) in [4.78, 5) is 13.6. The zero-order chi connectivity index (χ0) is 12.3. The van der Waals surface area contributed by atoms with Crippen LogP contribution in [0.2, 0.25) is 0 Å². The van der Waals surface area contributed by atoms with Crippen LogP contribution in [0, 0.1) is 0 Å². The molecule has 2 rings (SSSR count). The Morgan fingerprint density at radius 3 is 2.82 bits per heavy atom. The van der Waals surface area contributed by atoms with Crippen molar-refractivity contribution in [1.82, 2.24) is 4.90 Å². The van der Waals surface area contributed by atoms with Gasteiger partial charge in [-0.3, -0.25) is 4.79 Å². The van der Waals surface area contributed by atoms with Crippen molar-refractivity contribution in [2.45, 2.75) is 19.1 Å². The first-order valence-corrected chi connectivity index (χ1v) is 5.89. The fraction of sp³-hybridized carbons (Fsp3) is 0.462. The van der Waals surface area contributed by atoms with Crippen LogP contribution in [-0.2, 0) is 9.53 Å². The molecule has 0 aromatic heterocycles. The largest absolute Gasteiger partial charge is 0.370 e. The van der Waals surface area contributed by atoms with Crippen LogP contribution in [0.3, 0.4) is 0 Å². The summed E-state index contributed by atoms with van der Waals surface area (Å²) >= 11 is 0. The van der Waals surface area contributed by atoms with E-state index in [1.165, 1.54) is 0 Å². The molecule has 1 unspecified atom stereocenters. The standard InChI is InChI=1S/C13H18N2O2/c1-10(14)13(16)15-7-8-17-12(9-15)11-5-3-2-4-6-11/h2-6,10,12H,7-9,14H2,1H3/t10-,12?/m0/s1. The van der Waals surface area contributed by atoms with Gasteiger partial charge in [0.05, 0.1) is 19.2 Å². The number of benzene rings is 1. The molecule has 92 valence electrons. The van der Waals surface area contributed by atoms with Gasteiger partial charge in [0.1, 0.15) is 6.10 Å². The third-order valence-corrected chi connectivity index (χ3v) is 2.94. The van der Waals surface area contributed by atoms with Gasteiger partial charge in [-0.15, -0.1) is 0 Å². The molecule has 1 saturated heterocycles. The molecule has 4 heteroatoms. The minimum Gasteiger partial charge on any atom is -0.370 e. The zero-order valence-electron chi connectivity index (χ0n) is 10.0. The van der Waals surface area contributed by atoms with E-state index in [0.29, 0.717) is 19.7 Å². The van der Waals surface area contributed by atoms with Gasteiger partial charge >= 0.3 is 0 Å². The first-order chi connectivity index (χ1) is 8.18. The third-order valence-electron chi connectivity index (χ3n) is 2.94. The van der Waals surface area contributed by atoms with Gasteiger partial charge < -0.3 is 15.4 Å². The van der Waals surface area contributed by atoms with Crippen LogP contribution in [-0.4, -0.2) is 36.5 Å². The molecule has 1 aliphatic rings. The van der Waals surface area contributed by atoms with Crippen molar-refractivity contribution in [1.29, 1.82) is 0 Å². The molecule has 1 heterocycles. The number of ether oxygens (including phenoxy) is 1. The first kappa shape index (κ1) is 12.1. The van der Waals surface area contributed by atoms with Crippen LogP contribution in [0.1, 0.15) is 18.6 Å². The molecule has 0 radical (unpaired) electrons. The SMILES string of the molecule is C[C@H](N)C(=O)N1CCOC(c2ccccc2)C1. The molecular formula is C13H18N2O2. The van der Waals surface area contributed by atoms with Gasteiger partial charge in [0.15, 0.2) is 0 Å². The lowest BCUT2D eigenvalue weighted by Gasteiger charge is -2.34. The second kappa shape index (κ2) is 5.29. The van der Waals surface area contributed by atoms with E-state index in [4.69, 9.17) is 10.5 Å². The van der Waals surface area contributed by atoms with Crippen LogP contribution in [0.4, 0.5) is 0 Å². The Hall–Kier alpha value is -1.39. The lowest BCUT2D eigenvalue weighted by atomic mass is 10.1. The van der Waals surface area contributed by atoms with Crippen molar-refractivity contribution in [3.8, 4) is 0 Å². The van der Waals surface area contributed by atoms with E-state index in [9.17, 15) is 4.79 Å². The summed E-state index contributed by atoms with van der Waals surface area (Å²) in [6.45, 7) is 3.50. The predicted molar refractivity (Wildman–Crippen MR) is 65.4 cm³/mol. The predicted octanol–water partition coefficient (Wildman–Crippen LogP) is 0.934. The van der Waals surface area contributed by atoms with Crippen molar-refractivity contribution in [3.05, 3.63) is 35.9 Å². The number of rotatable bonds is 2. The Balaban J connectivity index is 2.05. The summed E-state index contributed by atoms with van der Waals surface area (Å²) in [5.41, 5.74) is 6.73. The first-order valence-electron chi connectivity index (χ1n) is 5.89. The number of nitrogens with two attached hydrogens (primary N) is 1. The molecule has 1 aromatic rings. The third kappa shape index (κ3) is 2.84. The van der Waals surface area contributed by atoms with Crippen molar-refractivity contribution >= 4 is 5.91 Å². The Morgan fingerprint density at radius 2 is 2.18 bits per heavy atom. The van der Waals surface area contributed by atoms with E-state index < -0.39 is 6.04 Å². The van der Waals surface area contributed by atoms with Crippen molar-refractivity contribution < 1.29 is 9.53 Å². The molecule has 1 aromatic carbocycles. The van der Waals surface area contributed by atoms with E-state index in [1.807, 2.05) is 30.3 Å². The Bertz CT molecular complexity index is 378. The summed E-state index contributed by atoms with van der Waals surface area (Å²) in [5, 5.41) is 0. The molecule has 4 nitrogen and oxygen atoms in total. The van der Waals surface area contributed by atoms with Crippen LogP contribution >= 0.6 is 0 Å². The highest BCUT2D eigenvalue weighted by Gasteiger charge is 2.26. The number of amides is 1. The van der Waals surface area contributed by atoms with Gasteiger partial charge in [-0.1, -0.05) is 30.3 Å². The summed E-state index contributed by atoms with van der Waals surface area (Å²) in [6, 6.07) is 9.52. The van der Waals surface area contributed by atoms with Crippen LogP contribution in [0.25, 0.3) is 0 Å². The normalized spacial score (nSPS) is 22.2. The summed E-state index contributed by atoms with van der Waals surface area (Å²) in [5.74, 6) is -0.00534. The lowest BCUT2D eigenvalue weighted by molar-refractivity contribution is -0.140. The molecule has 1 amide bonds. The monoisotopic (exact) mass is 234 g/mol. The van der Waals surface area contributed by atoms with Gasteiger partial charge in [0.2, 0.25) is 5.91 Å². The van der Waals surface area contributed by atoms with Crippen LogP contribution in [0.5, 0.6) is 0 Å². The molecule has 2 N–H and O–H groups in total. The van der Waals surface area contributed by atoms with Gasteiger partial charge in [0.25, 0.3) is 0 Å². The minimum absolute atomic E-state index is 0.00534. The van der Waals surface area contributed by atoms with E-state index >= 15 is 0 Å². The number of nitrogens with zero attached hydrogens (tertiary/aromatic N) is 1. The smallest absolute Gasteiger partial charge is 0.239 e. The molecule has 2 atom stereocenters. The summed E-state index contributed by atoms with van der Waals surface area (Å²) < 4.78 is 5.69. The average molecular weight is 234 g/mol. The van der Waals surface area contributed by atoms with Gasteiger partial charge in [-0.25, -0.2) is 0 Å². The van der Waals surface area contributed by atoms with E-state index in [1.54, 1.807) is 11.8 Å². The lowest BCUT2D eigenvalue weighted by Crippen LogP contribution is -2.48. The van der Waals surface area contributed by atoms with Gasteiger partial charge in [0, 0.05) is 6.54 Å². The summed E-state index contributed by atoms with van der Waals surface area (Å²) in [6.07, 6.45) is -0.0346. The molecular weight excluding hydrogens is 216 g/mol. The molecule has 1 aliphatic heterocycles. The fourth-order valence-corrected chi connectivity index (χ4v) is 2.01. The van der Waals surface area contributed by atoms with Crippen molar-refractivity contribution in [2.24, 2.45) is 5.73 Å². The molecule has 1 fully saturated rings. The maximum Gasteiger partial charge on any atom is 0.239 e. The molecule has 0 bridgehead atoms. The topological polar surface area (TPSA) is 55.6 Å². The number of hydrogen-bond acceptors (Lipinski definition) is 3. The Labute approximate surface area is 101 Å². The molecule has 0 saturated carbocycles. The maximum atomic E-state index is 11.8. The minimum atomic E-state index is -0.440.